The van der Waals surface area contributed by atoms with Gasteiger partial charge in [0.25, 0.3) is 0 Å². The summed E-state index contributed by atoms with van der Waals surface area (Å²) in [6.45, 7) is 8.05. The molecule has 3 rings (SSSR count). The molecule has 0 bridgehead atoms. The standard InChI is InChI=1S/C17H27N7O/c1-4-13(2)18-17(25)8-7-15-20-19-14-5-6-16(21-24(14)15)23-11-9-22(3)10-12-23/h5-6,13H,4,7-12H2,1-3H3,(H,18,25)/t13-/m1/s1. The summed E-state index contributed by atoms with van der Waals surface area (Å²) >= 11 is 0. The van der Waals surface area contributed by atoms with Gasteiger partial charge in [0.2, 0.25) is 5.91 Å². The van der Waals surface area contributed by atoms with E-state index in [9.17, 15) is 4.79 Å². The number of aromatic nitrogens is 4. The number of aryl methyl sites for hydroxylation is 1. The highest BCUT2D eigenvalue weighted by molar-refractivity contribution is 5.76. The number of amides is 1. The molecule has 8 heteroatoms. The lowest BCUT2D eigenvalue weighted by molar-refractivity contribution is -0.121. The van der Waals surface area contributed by atoms with Gasteiger partial charge in [-0.05, 0) is 32.5 Å². The van der Waals surface area contributed by atoms with Crippen molar-refractivity contribution in [3.8, 4) is 0 Å². The Kier molecular flexibility index (Phi) is 5.47. The van der Waals surface area contributed by atoms with Crippen LogP contribution in [0.1, 0.15) is 32.5 Å². The van der Waals surface area contributed by atoms with E-state index in [4.69, 9.17) is 5.10 Å². The summed E-state index contributed by atoms with van der Waals surface area (Å²) in [5, 5.41) is 16.1. The van der Waals surface area contributed by atoms with Crippen LogP contribution in [0.4, 0.5) is 5.82 Å². The Hall–Kier alpha value is -2.22. The van der Waals surface area contributed by atoms with Crippen LogP contribution in [0.3, 0.4) is 0 Å². The quantitative estimate of drug-likeness (QED) is 0.831. The molecule has 2 aromatic heterocycles. The van der Waals surface area contributed by atoms with E-state index in [2.05, 4.69) is 39.3 Å². The van der Waals surface area contributed by atoms with Crippen LogP contribution in [0.2, 0.25) is 0 Å². The molecule has 0 saturated carbocycles. The van der Waals surface area contributed by atoms with E-state index < -0.39 is 0 Å². The van der Waals surface area contributed by atoms with Gasteiger partial charge in [0.15, 0.2) is 11.5 Å². The van der Waals surface area contributed by atoms with E-state index in [1.807, 2.05) is 19.1 Å². The van der Waals surface area contributed by atoms with Gasteiger partial charge < -0.3 is 15.1 Å². The first-order valence-corrected chi connectivity index (χ1v) is 9.01. The van der Waals surface area contributed by atoms with E-state index in [-0.39, 0.29) is 11.9 Å². The maximum absolute atomic E-state index is 12.0. The smallest absolute Gasteiger partial charge is 0.220 e. The zero-order valence-electron chi connectivity index (χ0n) is 15.3. The lowest BCUT2D eigenvalue weighted by atomic mass is 10.2. The molecule has 0 unspecified atom stereocenters. The first-order chi connectivity index (χ1) is 12.1. The minimum absolute atomic E-state index is 0.0429. The molecule has 0 radical (unpaired) electrons. The van der Waals surface area contributed by atoms with Crippen molar-refractivity contribution in [3.63, 3.8) is 0 Å². The molecule has 0 spiro atoms. The summed E-state index contributed by atoms with van der Waals surface area (Å²) in [5.74, 6) is 1.71. The number of hydrogen-bond donors (Lipinski definition) is 1. The maximum Gasteiger partial charge on any atom is 0.220 e. The van der Waals surface area contributed by atoms with Crippen LogP contribution >= 0.6 is 0 Å². The second kappa shape index (κ2) is 7.77. The molecule has 25 heavy (non-hydrogen) atoms. The highest BCUT2D eigenvalue weighted by Crippen LogP contribution is 2.15. The molecule has 1 N–H and O–H groups in total. The summed E-state index contributed by atoms with van der Waals surface area (Å²) in [6.07, 6.45) is 1.85. The Bertz CT molecular complexity index is 721. The summed E-state index contributed by atoms with van der Waals surface area (Å²) < 4.78 is 1.77. The van der Waals surface area contributed by atoms with Crippen molar-refractivity contribution in [1.82, 2.24) is 30.0 Å². The molecule has 1 amide bonds. The number of carbonyl (C=O) groups excluding carboxylic acids is 1. The van der Waals surface area contributed by atoms with E-state index >= 15 is 0 Å². The Morgan fingerprint density at radius 3 is 2.72 bits per heavy atom. The van der Waals surface area contributed by atoms with Gasteiger partial charge >= 0.3 is 0 Å². The third-order valence-corrected chi connectivity index (χ3v) is 4.74. The van der Waals surface area contributed by atoms with Crippen LogP contribution in [-0.2, 0) is 11.2 Å². The first kappa shape index (κ1) is 17.6. The fourth-order valence-electron chi connectivity index (χ4n) is 2.86. The molecule has 0 aliphatic carbocycles. The lowest BCUT2D eigenvalue weighted by Crippen LogP contribution is -2.45. The number of nitrogens with one attached hydrogen (secondary N) is 1. The molecular weight excluding hydrogens is 318 g/mol. The molecule has 2 aromatic rings. The van der Waals surface area contributed by atoms with Gasteiger partial charge in [-0.1, -0.05) is 6.92 Å². The normalized spacial score (nSPS) is 17.0. The van der Waals surface area contributed by atoms with Gasteiger partial charge in [-0.3, -0.25) is 4.79 Å². The fourth-order valence-corrected chi connectivity index (χ4v) is 2.86. The van der Waals surface area contributed by atoms with Crippen molar-refractivity contribution in [2.75, 3.05) is 38.1 Å². The van der Waals surface area contributed by atoms with E-state index in [0.29, 0.717) is 12.8 Å². The molecule has 1 fully saturated rings. The topological polar surface area (TPSA) is 78.7 Å². The van der Waals surface area contributed by atoms with Crippen molar-refractivity contribution in [3.05, 3.63) is 18.0 Å². The molecule has 1 atom stereocenters. The van der Waals surface area contributed by atoms with Crippen molar-refractivity contribution >= 4 is 17.4 Å². The number of piperazine rings is 1. The van der Waals surface area contributed by atoms with Crippen molar-refractivity contribution in [2.24, 2.45) is 0 Å². The Balaban J connectivity index is 1.69. The Morgan fingerprint density at radius 2 is 2.00 bits per heavy atom. The lowest BCUT2D eigenvalue weighted by Gasteiger charge is -2.33. The summed E-state index contributed by atoms with van der Waals surface area (Å²) in [7, 11) is 2.14. The number of rotatable bonds is 6. The van der Waals surface area contributed by atoms with Crippen LogP contribution in [0, 0.1) is 0 Å². The SMILES string of the molecule is CC[C@@H](C)NC(=O)CCc1nnc2ccc(N3CCN(C)CC3)nn12. The van der Waals surface area contributed by atoms with Gasteiger partial charge in [-0.15, -0.1) is 15.3 Å². The van der Waals surface area contributed by atoms with Gasteiger partial charge in [-0.2, -0.15) is 4.52 Å². The van der Waals surface area contributed by atoms with Gasteiger partial charge in [0.1, 0.15) is 5.82 Å². The predicted octanol–water partition coefficient (Wildman–Crippen LogP) is 0.723. The van der Waals surface area contributed by atoms with E-state index in [1.165, 1.54) is 0 Å². The number of anilines is 1. The van der Waals surface area contributed by atoms with Gasteiger partial charge in [-0.25, -0.2) is 0 Å². The molecule has 1 saturated heterocycles. The third-order valence-electron chi connectivity index (χ3n) is 4.74. The van der Waals surface area contributed by atoms with Gasteiger partial charge in [0.05, 0.1) is 0 Å². The van der Waals surface area contributed by atoms with E-state index in [1.54, 1.807) is 4.52 Å². The highest BCUT2D eigenvalue weighted by Gasteiger charge is 2.17. The third kappa shape index (κ3) is 4.25. The Morgan fingerprint density at radius 1 is 1.24 bits per heavy atom. The molecule has 136 valence electrons. The minimum Gasteiger partial charge on any atom is -0.354 e. The zero-order chi connectivity index (χ0) is 17.8. The van der Waals surface area contributed by atoms with Crippen LogP contribution in [0.25, 0.3) is 5.65 Å². The largest absolute Gasteiger partial charge is 0.354 e. The van der Waals surface area contributed by atoms with Crippen molar-refractivity contribution in [2.45, 2.75) is 39.2 Å². The van der Waals surface area contributed by atoms with Gasteiger partial charge in [0, 0.05) is 45.1 Å². The number of likely N-dealkylation sites (N-methyl/N-ethyl adjacent to an activating group) is 1. The predicted molar refractivity (Wildman–Crippen MR) is 96.7 cm³/mol. The van der Waals surface area contributed by atoms with Crippen LogP contribution in [0.5, 0.6) is 0 Å². The number of carbonyl (C=O) groups is 1. The maximum atomic E-state index is 12.0. The molecule has 1 aliphatic heterocycles. The molecule has 1 aliphatic rings. The average Bonchev–Trinajstić information content (AvgIpc) is 3.02. The fraction of sp³-hybridized carbons (Fsp3) is 0.647. The number of nitrogens with zero attached hydrogens (tertiary/aromatic N) is 6. The molecule has 8 nitrogen and oxygen atoms in total. The molecule has 3 heterocycles. The minimum atomic E-state index is 0.0429. The molecule has 0 aromatic carbocycles. The summed E-state index contributed by atoms with van der Waals surface area (Å²) in [4.78, 5) is 16.6. The Labute approximate surface area is 148 Å². The van der Waals surface area contributed by atoms with Crippen LogP contribution in [0.15, 0.2) is 12.1 Å². The zero-order valence-corrected chi connectivity index (χ0v) is 15.3. The van der Waals surface area contributed by atoms with Crippen molar-refractivity contribution in [1.29, 1.82) is 0 Å². The second-order valence-corrected chi connectivity index (χ2v) is 6.74. The number of hydrogen-bond acceptors (Lipinski definition) is 6. The van der Waals surface area contributed by atoms with Crippen LogP contribution in [-0.4, -0.2) is 69.9 Å². The highest BCUT2D eigenvalue weighted by atomic mass is 16.1. The first-order valence-electron chi connectivity index (χ1n) is 9.01. The monoisotopic (exact) mass is 345 g/mol. The molecular formula is C17H27N7O. The summed E-state index contributed by atoms with van der Waals surface area (Å²) in [6, 6.07) is 4.13. The van der Waals surface area contributed by atoms with Crippen LogP contribution < -0.4 is 10.2 Å². The summed E-state index contributed by atoms with van der Waals surface area (Å²) in [5.41, 5.74) is 0.718. The van der Waals surface area contributed by atoms with E-state index in [0.717, 1.165) is 49.9 Å². The average molecular weight is 345 g/mol. The number of fused-ring (bicyclic) bond motifs is 1. The second-order valence-electron chi connectivity index (χ2n) is 6.74. The van der Waals surface area contributed by atoms with Crippen molar-refractivity contribution < 1.29 is 4.79 Å².